The number of carbonyl (C=O) groups excluding carboxylic acids is 1. The van der Waals surface area contributed by atoms with Crippen molar-refractivity contribution < 1.29 is 31.9 Å². The highest BCUT2D eigenvalue weighted by molar-refractivity contribution is 5.84. The van der Waals surface area contributed by atoms with Gasteiger partial charge in [0.05, 0.1) is 0 Å². The van der Waals surface area contributed by atoms with Crippen LogP contribution in [0.5, 0.6) is 0 Å². The van der Waals surface area contributed by atoms with Crippen molar-refractivity contribution in [1.29, 1.82) is 0 Å². The first-order valence-electron chi connectivity index (χ1n) is 6.04. The van der Waals surface area contributed by atoms with Crippen LogP contribution in [0.1, 0.15) is 25.7 Å². The third kappa shape index (κ3) is 3.77. The standard InChI is InChI=1S/C11H16F5NO2/c12-10(13,11(14,15)16)9(19)17-5-7-3-1-2-4-8(7)6-18/h7-8,18H,1-6H2,(H,17,19). The fourth-order valence-electron chi connectivity index (χ4n) is 2.26. The van der Waals surface area contributed by atoms with Crippen LogP contribution < -0.4 is 5.32 Å². The minimum Gasteiger partial charge on any atom is -0.396 e. The zero-order chi connectivity index (χ0) is 14.7. The second-order valence-corrected chi connectivity index (χ2v) is 4.77. The van der Waals surface area contributed by atoms with Crippen molar-refractivity contribution in [2.24, 2.45) is 11.8 Å². The fourth-order valence-corrected chi connectivity index (χ4v) is 2.26. The molecule has 1 aliphatic rings. The second-order valence-electron chi connectivity index (χ2n) is 4.77. The van der Waals surface area contributed by atoms with Crippen molar-refractivity contribution in [1.82, 2.24) is 5.32 Å². The molecule has 8 heteroatoms. The topological polar surface area (TPSA) is 49.3 Å². The van der Waals surface area contributed by atoms with Gasteiger partial charge in [0.15, 0.2) is 0 Å². The first-order valence-corrected chi connectivity index (χ1v) is 6.04. The van der Waals surface area contributed by atoms with Crippen molar-refractivity contribution in [3.63, 3.8) is 0 Å². The van der Waals surface area contributed by atoms with Crippen molar-refractivity contribution >= 4 is 5.91 Å². The lowest BCUT2D eigenvalue weighted by Gasteiger charge is -2.30. The van der Waals surface area contributed by atoms with E-state index in [-0.39, 0.29) is 25.0 Å². The molecule has 0 heterocycles. The van der Waals surface area contributed by atoms with Crippen LogP contribution in [0.4, 0.5) is 22.0 Å². The summed E-state index contributed by atoms with van der Waals surface area (Å²) in [5, 5.41) is 10.7. The summed E-state index contributed by atoms with van der Waals surface area (Å²) in [5.41, 5.74) is 0. The third-order valence-corrected chi connectivity index (χ3v) is 3.47. The predicted octanol–water partition coefficient (Wildman–Crippen LogP) is 2.10. The van der Waals surface area contributed by atoms with E-state index in [0.29, 0.717) is 12.8 Å². The minimum absolute atomic E-state index is 0.157. The minimum atomic E-state index is -5.89. The molecular formula is C11H16F5NO2. The molecule has 0 radical (unpaired) electrons. The molecule has 2 unspecified atom stereocenters. The Labute approximate surface area is 107 Å². The van der Waals surface area contributed by atoms with E-state index in [1.54, 1.807) is 5.32 Å². The van der Waals surface area contributed by atoms with Gasteiger partial charge in [-0.3, -0.25) is 4.79 Å². The van der Waals surface area contributed by atoms with E-state index in [2.05, 4.69) is 0 Å². The smallest absolute Gasteiger partial charge is 0.396 e. The molecule has 1 rings (SSSR count). The molecule has 2 N–H and O–H groups in total. The van der Waals surface area contributed by atoms with Crippen LogP contribution in [0, 0.1) is 11.8 Å². The Morgan fingerprint density at radius 1 is 1.11 bits per heavy atom. The number of hydrogen-bond donors (Lipinski definition) is 2. The number of hydrogen-bond acceptors (Lipinski definition) is 2. The van der Waals surface area contributed by atoms with Gasteiger partial charge in [0, 0.05) is 13.2 Å². The molecule has 112 valence electrons. The number of amides is 1. The molecule has 1 saturated carbocycles. The van der Waals surface area contributed by atoms with E-state index in [9.17, 15) is 26.7 Å². The molecule has 0 aromatic rings. The van der Waals surface area contributed by atoms with Gasteiger partial charge in [-0.15, -0.1) is 0 Å². The Bertz CT molecular complexity index is 319. The van der Waals surface area contributed by atoms with E-state index in [1.165, 1.54) is 0 Å². The second kappa shape index (κ2) is 6.02. The lowest BCUT2D eigenvalue weighted by atomic mass is 9.79. The molecule has 0 bridgehead atoms. The Kier molecular flexibility index (Phi) is 5.11. The Morgan fingerprint density at radius 2 is 1.63 bits per heavy atom. The molecule has 0 aromatic carbocycles. The zero-order valence-corrected chi connectivity index (χ0v) is 10.1. The van der Waals surface area contributed by atoms with Gasteiger partial charge >= 0.3 is 12.1 Å². The van der Waals surface area contributed by atoms with Gasteiger partial charge in [0.1, 0.15) is 0 Å². The number of aliphatic hydroxyl groups excluding tert-OH is 1. The molecule has 1 fully saturated rings. The Morgan fingerprint density at radius 3 is 2.11 bits per heavy atom. The highest BCUT2D eigenvalue weighted by atomic mass is 19.4. The van der Waals surface area contributed by atoms with Gasteiger partial charge in [0.2, 0.25) is 0 Å². The summed E-state index contributed by atoms with van der Waals surface area (Å²) in [6.07, 6.45) is -2.91. The normalized spacial score (nSPS) is 25.2. The van der Waals surface area contributed by atoms with Crippen LogP contribution in [0.3, 0.4) is 0 Å². The van der Waals surface area contributed by atoms with Crippen LogP contribution >= 0.6 is 0 Å². The molecule has 1 amide bonds. The molecule has 2 atom stereocenters. The van der Waals surface area contributed by atoms with Crippen LogP contribution in [0.2, 0.25) is 0 Å². The van der Waals surface area contributed by atoms with E-state index >= 15 is 0 Å². The van der Waals surface area contributed by atoms with Crippen molar-refractivity contribution in [3.05, 3.63) is 0 Å². The number of nitrogens with one attached hydrogen (secondary N) is 1. The lowest BCUT2D eigenvalue weighted by Crippen LogP contribution is -2.51. The SMILES string of the molecule is O=C(NCC1CCCCC1CO)C(F)(F)C(F)(F)F. The number of aliphatic hydroxyl groups is 1. The maximum atomic E-state index is 12.7. The molecule has 0 saturated heterocycles. The molecular weight excluding hydrogens is 273 g/mol. The average Bonchev–Trinajstić information content (AvgIpc) is 2.34. The molecule has 0 spiro atoms. The van der Waals surface area contributed by atoms with E-state index in [4.69, 9.17) is 5.11 Å². The zero-order valence-electron chi connectivity index (χ0n) is 10.1. The molecule has 3 nitrogen and oxygen atoms in total. The molecule has 0 aliphatic heterocycles. The summed E-state index contributed by atoms with van der Waals surface area (Å²) in [6, 6.07) is 0. The molecule has 19 heavy (non-hydrogen) atoms. The first kappa shape index (κ1) is 16.1. The van der Waals surface area contributed by atoms with Gasteiger partial charge in [-0.1, -0.05) is 12.8 Å². The van der Waals surface area contributed by atoms with Crippen molar-refractivity contribution in [2.75, 3.05) is 13.2 Å². The predicted molar refractivity (Wildman–Crippen MR) is 56.5 cm³/mol. The van der Waals surface area contributed by atoms with Crippen molar-refractivity contribution in [3.8, 4) is 0 Å². The number of alkyl halides is 5. The van der Waals surface area contributed by atoms with E-state index in [0.717, 1.165) is 12.8 Å². The summed E-state index contributed by atoms with van der Waals surface area (Å²) in [5.74, 6) is -8.13. The quantitative estimate of drug-likeness (QED) is 0.779. The van der Waals surface area contributed by atoms with Gasteiger partial charge in [-0.05, 0) is 24.7 Å². The van der Waals surface area contributed by atoms with Crippen LogP contribution in [-0.4, -0.2) is 36.3 Å². The van der Waals surface area contributed by atoms with E-state index < -0.39 is 18.0 Å². The summed E-state index contributed by atoms with van der Waals surface area (Å²) >= 11 is 0. The number of rotatable bonds is 4. The highest BCUT2D eigenvalue weighted by Crippen LogP contribution is 2.36. The summed E-state index contributed by atoms with van der Waals surface area (Å²) in [7, 11) is 0. The van der Waals surface area contributed by atoms with Crippen LogP contribution in [0.25, 0.3) is 0 Å². The summed E-state index contributed by atoms with van der Waals surface area (Å²) < 4.78 is 61.2. The molecule has 1 aliphatic carbocycles. The van der Waals surface area contributed by atoms with Gasteiger partial charge < -0.3 is 10.4 Å². The lowest BCUT2D eigenvalue weighted by molar-refractivity contribution is -0.269. The maximum absolute atomic E-state index is 12.7. The average molecular weight is 289 g/mol. The van der Waals surface area contributed by atoms with Gasteiger partial charge in [-0.25, -0.2) is 0 Å². The number of carbonyl (C=O) groups is 1. The first-order chi connectivity index (χ1) is 8.70. The van der Waals surface area contributed by atoms with Crippen molar-refractivity contribution in [2.45, 2.75) is 37.8 Å². The Hall–Kier alpha value is -0.920. The van der Waals surface area contributed by atoms with Gasteiger partial charge in [-0.2, -0.15) is 22.0 Å². The fraction of sp³-hybridized carbons (Fsp3) is 0.909. The Balaban J connectivity index is 2.54. The monoisotopic (exact) mass is 289 g/mol. The number of halogens is 5. The maximum Gasteiger partial charge on any atom is 0.463 e. The summed E-state index contributed by atoms with van der Waals surface area (Å²) in [6.45, 7) is -0.425. The van der Waals surface area contributed by atoms with Crippen LogP contribution in [0.15, 0.2) is 0 Å². The summed E-state index contributed by atoms with van der Waals surface area (Å²) in [4.78, 5) is 10.9. The van der Waals surface area contributed by atoms with Gasteiger partial charge in [0.25, 0.3) is 5.91 Å². The van der Waals surface area contributed by atoms with Crippen LogP contribution in [-0.2, 0) is 4.79 Å². The van der Waals surface area contributed by atoms with E-state index in [1.807, 2.05) is 0 Å². The molecule has 0 aromatic heterocycles. The largest absolute Gasteiger partial charge is 0.463 e. The highest BCUT2D eigenvalue weighted by Gasteiger charge is 2.63. The third-order valence-electron chi connectivity index (χ3n) is 3.47.